The van der Waals surface area contributed by atoms with Crippen LogP contribution in [-0.4, -0.2) is 70.9 Å². The number of ether oxygens (including phenoxy) is 3. The minimum atomic E-state index is -0.993. The third-order valence-corrected chi connectivity index (χ3v) is 9.56. The van der Waals surface area contributed by atoms with Gasteiger partial charge >= 0.3 is 18.0 Å². The van der Waals surface area contributed by atoms with E-state index in [4.69, 9.17) is 14.2 Å². The van der Waals surface area contributed by atoms with Crippen LogP contribution in [0.3, 0.4) is 0 Å². The molecule has 1 aromatic rings. The predicted molar refractivity (Wildman–Crippen MR) is 164 cm³/mol. The summed E-state index contributed by atoms with van der Waals surface area (Å²) in [7, 11) is 1.31. The second kappa shape index (κ2) is 13.5. The van der Waals surface area contributed by atoms with Crippen molar-refractivity contribution in [2.45, 2.75) is 109 Å². The van der Waals surface area contributed by atoms with Crippen LogP contribution in [0.2, 0.25) is 0 Å². The van der Waals surface area contributed by atoms with E-state index in [9.17, 15) is 28.4 Å². The van der Waals surface area contributed by atoms with Crippen LogP contribution in [0.5, 0.6) is 0 Å². The van der Waals surface area contributed by atoms with Crippen LogP contribution in [0.25, 0.3) is 0 Å². The number of carbonyl (C=O) groups excluding carboxylic acids is 5. The molecule has 46 heavy (non-hydrogen) atoms. The lowest BCUT2D eigenvalue weighted by atomic mass is 9.91. The standard InChI is InChI=1S/C35H45FN2O8/c1-34(2,3)46-30(40)15-22-11-8-6-5-7-9-13-24-17-35(24,32(42)44-4)18-29(39)28-16-25(20-38(28)31(22)41)45-33(43)37-19-23-12-10-14-27(36)26(23)21-37/h9-10,12-14,22,24-25,28H,5-8,11,15-21H2,1-4H3/b13-9-/t22-,24-,25-,28+,35-/m1/s1. The highest BCUT2D eigenvalue weighted by molar-refractivity contribution is 5.96. The zero-order chi connectivity index (χ0) is 33.2. The van der Waals surface area contributed by atoms with Gasteiger partial charge in [-0.25, -0.2) is 9.18 Å². The number of hydrogen-bond donors (Lipinski definition) is 0. The van der Waals surface area contributed by atoms with E-state index in [0.717, 1.165) is 19.3 Å². The van der Waals surface area contributed by atoms with Crippen LogP contribution < -0.4 is 0 Å². The number of rotatable bonds is 4. The molecule has 2 amide bonds. The molecule has 5 rings (SSSR count). The number of esters is 2. The number of benzene rings is 1. The Hall–Kier alpha value is -3.76. The molecule has 0 radical (unpaired) electrons. The van der Waals surface area contributed by atoms with E-state index < -0.39 is 47.1 Å². The zero-order valence-electron chi connectivity index (χ0n) is 27.2. The summed E-state index contributed by atoms with van der Waals surface area (Å²) in [6, 6.07) is 3.76. The monoisotopic (exact) mass is 640 g/mol. The molecule has 2 fully saturated rings. The van der Waals surface area contributed by atoms with Crippen molar-refractivity contribution in [3.63, 3.8) is 0 Å². The number of halogens is 1. The van der Waals surface area contributed by atoms with Gasteiger partial charge in [-0.15, -0.1) is 0 Å². The van der Waals surface area contributed by atoms with Crippen LogP contribution in [-0.2, 0) is 46.5 Å². The first-order valence-electron chi connectivity index (χ1n) is 16.3. The second-order valence-electron chi connectivity index (χ2n) is 14.1. The van der Waals surface area contributed by atoms with Crippen molar-refractivity contribution in [2.75, 3.05) is 13.7 Å². The number of allylic oxidation sites excluding steroid dienone is 2. The van der Waals surface area contributed by atoms with Crippen molar-refractivity contribution in [1.29, 1.82) is 0 Å². The van der Waals surface area contributed by atoms with E-state index in [0.29, 0.717) is 30.4 Å². The molecule has 3 aliphatic heterocycles. The number of ketones is 1. The molecule has 250 valence electrons. The van der Waals surface area contributed by atoms with Gasteiger partial charge in [0.1, 0.15) is 17.5 Å². The Balaban J connectivity index is 1.38. The van der Waals surface area contributed by atoms with Gasteiger partial charge in [0.25, 0.3) is 0 Å². The van der Waals surface area contributed by atoms with Gasteiger partial charge in [-0.2, -0.15) is 0 Å². The number of Topliss-reactive ketones (excluding diaryl/α,β-unsaturated/α-hetero) is 1. The van der Waals surface area contributed by atoms with Crippen molar-refractivity contribution in [1.82, 2.24) is 9.80 Å². The SMILES string of the molecule is COC(=O)[C@]12CC(=O)[C@@H]3C[C@@H](OC(=O)N4Cc5cccc(F)c5C4)CN3C(=O)[C@@H](CC(=O)OC(C)(C)C)CCCCC/C=C\[C@@H]1C2. The third-order valence-electron chi connectivity index (χ3n) is 9.56. The molecule has 0 bridgehead atoms. The molecular formula is C35H45FN2O8. The first-order valence-corrected chi connectivity index (χ1v) is 16.3. The van der Waals surface area contributed by atoms with E-state index in [1.54, 1.807) is 32.9 Å². The Kier molecular flexibility index (Phi) is 9.89. The fraction of sp³-hybridized carbons (Fsp3) is 0.629. The van der Waals surface area contributed by atoms with Gasteiger partial charge in [-0.3, -0.25) is 24.1 Å². The van der Waals surface area contributed by atoms with Gasteiger partial charge < -0.3 is 19.1 Å². The lowest BCUT2D eigenvalue weighted by Crippen LogP contribution is -2.45. The summed E-state index contributed by atoms with van der Waals surface area (Å²) in [4.78, 5) is 70.2. The molecule has 0 unspecified atom stereocenters. The highest BCUT2D eigenvalue weighted by atomic mass is 19.1. The molecule has 11 heteroatoms. The highest BCUT2D eigenvalue weighted by Gasteiger charge is 2.61. The molecule has 1 aromatic carbocycles. The number of amides is 2. The molecule has 3 heterocycles. The summed E-state index contributed by atoms with van der Waals surface area (Å²) in [6.45, 7) is 5.52. The summed E-state index contributed by atoms with van der Waals surface area (Å²) >= 11 is 0. The normalized spacial score (nSPS) is 29.1. The Morgan fingerprint density at radius 1 is 1.09 bits per heavy atom. The Labute approximate surface area is 269 Å². The average molecular weight is 641 g/mol. The van der Waals surface area contributed by atoms with E-state index in [1.165, 1.54) is 23.0 Å². The first kappa shape index (κ1) is 33.6. The van der Waals surface area contributed by atoms with E-state index in [2.05, 4.69) is 0 Å². The number of carbonyl (C=O) groups is 5. The van der Waals surface area contributed by atoms with Gasteiger partial charge in [0.2, 0.25) is 5.91 Å². The van der Waals surface area contributed by atoms with Crippen molar-refractivity contribution >= 4 is 29.7 Å². The second-order valence-corrected chi connectivity index (χ2v) is 14.1. The molecule has 4 aliphatic rings. The molecule has 1 saturated carbocycles. The van der Waals surface area contributed by atoms with Crippen LogP contribution in [0.1, 0.15) is 89.7 Å². The maximum Gasteiger partial charge on any atom is 0.410 e. The Morgan fingerprint density at radius 2 is 1.87 bits per heavy atom. The molecule has 0 aromatic heterocycles. The summed E-state index contributed by atoms with van der Waals surface area (Å²) in [5, 5.41) is 0. The maximum absolute atomic E-state index is 14.3. The lowest BCUT2D eigenvalue weighted by Gasteiger charge is -2.29. The van der Waals surface area contributed by atoms with Gasteiger partial charge in [0.15, 0.2) is 5.78 Å². The summed E-state index contributed by atoms with van der Waals surface area (Å²) < 4.78 is 30.8. The fourth-order valence-electron chi connectivity index (χ4n) is 7.11. The van der Waals surface area contributed by atoms with Gasteiger partial charge in [-0.1, -0.05) is 37.1 Å². The largest absolute Gasteiger partial charge is 0.469 e. The van der Waals surface area contributed by atoms with Crippen molar-refractivity contribution < 1.29 is 42.6 Å². The van der Waals surface area contributed by atoms with Crippen LogP contribution in [0.15, 0.2) is 30.4 Å². The summed E-state index contributed by atoms with van der Waals surface area (Å²) in [5.41, 5.74) is -0.575. The lowest BCUT2D eigenvalue weighted by molar-refractivity contribution is -0.159. The number of nitrogens with zero attached hydrogens (tertiary/aromatic N) is 2. The highest BCUT2D eigenvalue weighted by Crippen LogP contribution is 2.57. The van der Waals surface area contributed by atoms with Gasteiger partial charge in [-0.05, 0) is 64.0 Å². The molecule has 0 spiro atoms. The molecule has 0 N–H and O–H groups in total. The minimum absolute atomic E-state index is 0.0322. The zero-order valence-corrected chi connectivity index (χ0v) is 27.2. The third kappa shape index (κ3) is 7.44. The van der Waals surface area contributed by atoms with E-state index in [-0.39, 0.29) is 62.3 Å². The molecule has 1 aliphatic carbocycles. The molecule has 1 saturated heterocycles. The van der Waals surface area contributed by atoms with Crippen molar-refractivity contribution in [3.8, 4) is 0 Å². The maximum atomic E-state index is 14.3. The average Bonchev–Trinajstić information content (AvgIpc) is 3.29. The van der Waals surface area contributed by atoms with Crippen LogP contribution >= 0.6 is 0 Å². The van der Waals surface area contributed by atoms with Gasteiger partial charge in [0.05, 0.1) is 38.1 Å². The Bertz CT molecular complexity index is 1400. The number of hydrogen-bond acceptors (Lipinski definition) is 8. The topological polar surface area (TPSA) is 120 Å². The summed E-state index contributed by atoms with van der Waals surface area (Å²) in [6.07, 6.45) is 6.55. The van der Waals surface area contributed by atoms with Crippen molar-refractivity contribution in [2.24, 2.45) is 17.3 Å². The van der Waals surface area contributed by atoms with Crippen molar-refractivity contribution in [3.05, 3.63) is 47.3 Å². The quantitative estimate of drug-likeness (QED) is 0.249. The first-order chi connectivity index (χ1) is 21.8. The molecule has 10 nitrogen and oxygen atoms in total. The number of methoxy groups -OCH3 is 1. The number of fused-ring (bicyclic) bond motifs is 3. The smallest absolute Gasteiger partial charge is 0.410 e. The van der Waals surface area contributed by atoms with Crippen LogP contribution in [0, 0.1) is 23.1 Å². The van der Waals surface area contributed by atoms with Crippen LogP contribution in [0.4, 0.5) is 9.18 Å². The van der Waals surface area contributed by atoms with E-state index in [1.807, 2.05) is 12.2 Å². The summed E-state index contributed by atoms with van der Waals surface area (Å²) in [5.74, 6) is -2.88. The minimum Gasteiger partial charge on any atom is -0.469 e. The fourth-order valence-corrected chi connectivity index (χ4v) is 7.11. The molecular weight excluding hydrogens is 595 g/mol. The van der Waals surface area contributed by atoms with Gasteiger partial charge in [0, 0.05) is 30.9 Å². The van der Waals surface area contributed by atoms with E-state index >= 15 is 0 Å². The molecule has 5 atom stereocenters. The Morgan fingerprint density at radius 3 is 2.59 bits per heavy atom. The predicted octanol–water partition coefficient (Wildman–Crippen LogP) is 5.25.